The summed E-state index contributed by atoms with van der Waals surface area (Å²) in [5.74, 6) is -0.0946. The van der Waals surface area contributed by atoms with Crippen LogP contribution in [0.4, 0.5) is 0 Å². The zero-order valence-corrected chi connectivity index (χ0v) is 12.5. The van der Waals surface area contributed by atoms with Crippen LogP contribution in [0.3, 0.4) is 0 Å². The van der Waals surface area contributed by atoms with Crippen LogP contribution in [-0.2, 0) is 17.6 Å². The zero-order valence-electron chi connectivity index (χ0n) is 11.7. The van der Waals surface area contributed by atoms with Crippen LogP contribution in [0.2, 0.25) is 0 Å². The van der Waals surface area contributed by atoms with Gasteiger partial charge in [-0.1, -0.05) is 37.3 Å². The molecule has 2 aromatic rings. The molecule has 0 saturated carbocycles. The molecule has 0 aliphatic heterocycles. The van der Waals surface area contributed by atoms with E-state index in [9.17, 15) is 4.79 Å². The summed E-state index contributed by atoms with van der Waals surface area (Å²) in [6, 6.07) is 13.8. The lowest BCUT2D eigenvalue weighted by atomic mass is 10.1. The largest absolute Gasteiger partial charge is 0.273 e. The van der Waals surface area contributed by atoms with Crippen LogP contribution in [0.5, 0.6) is 0 Å². The molecule has 1 N–H and O–H groups in total. The maximum absolute atomic E-state index is 11.8. The van der Waals surface area contributed by atoms with Crippen molar-refractivity contribution in [3.05, 3.63) is 57.8 Å². The molecular formula is C16H18N2OS. The molecule has 0 saturated heterocycles. The van der Waals surface area contributed by atoms with E-state index in [4.69, 9.17) is 0 Å². The van der Waals surface area contributed by atoms with Gasteiger partial charge in [0.1, 0.15) is 0 Å². The number of amides is 1. The van der Waals surface area contributed by atoms with Crippen molar-refractivity contribution in [2.75, 3.05) is 0 Å². The van der Waals surface area contributed by atoms with Crippen molar-refractivity contribution in [1.82, 2.24) is 5.43 Å². The van der Waals surface area contributed by atoms with E-state index in [-0.39, 0.29) is 5.91 Å². The highest BCUT2D eigenvalue weighted by atomic mass is 32.1. The Morgan fingerprint density at radius 3 is 2.60 bits per heavy atom. The molecule has 0 radical (unpaired) electrons. The van der Waals surface area contributed by atoms with Crippen molar-refractivity contribution in [2.45, 2.75) is 26.7 Å². The molecule has 104 valence electrons. The number of rotatable bonds is 5. The van der Waals surface area contributed by atoms with Crippen LogP contribution in [0.1, 0.15) is 29.2 Å². The second kappa shape index (κ2) is 7.01. The van der Waals surface area contributed by atoms with Gasteiger partial charge < -0.3 is 0 Å². The van der Waals surface area contributed by atoms with Crippen molar-refractivity contribution >= 4 is 23.0 Å². The van der Waals surface area contributed by atoms with Gasteiger partial charge in [0.2, 0.25) is 5.91 Å². The average molecular weight is 286 g/mol. The molecule has 3 nitrogen and oxygen atoms in total. The molecule has 1 amide bonds. The lowest BCUT2D eigenvalue weighted by Gasteiger charge is -2.01. The second-order valence-electron chi connectivity index (χ2n) is 4.51. The van der Waals surface area contributed by atoms with Crippen LogP contribution < -0.4 is 5.43 Å². The first-order valence-corrected chi connectivity index (χ1v) is 7.47. The van der Waals surface area contributed by atoms with Crippen LogP contribution in [0.25, 0.3) is 0 Å². The fourth-order valence-corrected chi connectivity index (χ4v) is 2.68. The van der Waals surface area contributed by atoms with E-state index in [2.05, 4.69) is 23.5 Å². The number of benzene rings is 1. The number of nitrogens with zero attached hydrogens (tertiary/aromatic N) is 1. The van der Waals surface area contributed by atoms with Crippen molar-refractivity contribution in [1.29, 1.82) is 0 Å². The number of thiophene rings is 1. The molecule has 0 aliphatic carbocycles. The molecule has 2 rings (SSSR count). The minimum atomic E-state index is -0.0946. The Morgan fingerprint density at radius 2 is 1.95 bits per heavy atom. The minimum absolute atomic E-state index is 0.0946. The van der Waals surface area contributed by atoms with Crippen LogP contribution >= 0.6 is 11.3 Å². The molecule has 0 unspecified atom stereocenters. The molecule has 0 atom stereocenters. The van der Waals surface area contributed by atoms with E-state index in [1.165, 1.54) is 4.88 Å². The van der Waals surface area contributed by atoms with E-state index in [0.717, 1.165) is 22.6 Å². The Balaban J connectivity index is 1.93. The topological polar surface area (TPSA) is 41.5 Å². The normalized spacial score (nSPS) is 11.4. The van der Waals surface area contributed by atoms with E-state index < -0.39 is 0 Å². The summed E-state index contributed by atoms with van der Waals surface area (Å²) in [6.45, 7) is 4.04. The standard InChI is InChI=1S/C16H18N2OS/c1-3-14-9-10-15(20-14)12(2)17-18-16(19)11-13-7-5-4-6-8-13/h4-10H,3,11H2,1-2H3,(H,18,19)/b17-12+. The van der Waals surface area contributed by atoms with E-state index in [1.54, 1.807) is 11.3 Å². The Labute approximate surface area is 123 Å². The van der Waals surface area contributed by atoms with Gasteiger partial charge in [0.25, 0.3) is 0 Å². The molecule has 0 bridgehead atoms. The first-order valence-electron chi connectivity index (χ1n) is 6.65. The summed E-state index contributed by atoms with van der Waals surface area (Å²) < 4.78 is 0. The van der Waals surface area contributed by atoms with Gasteiger partial charge in [-0.15, -0.1) is 11.3 Å². The van der Waals surface area contributed by atoms with Gasteiger partial charge in [0.05, 0.1) is 17.0 Å². The first kappa shape index (κ1) is 14.5. The third kappa shape index (κ3) is 4.03. The summed E-state index contributed by atoms with van der Waals surface area (Å²) in [7, 11) is 0. The highest BCUT2D eigenvalue weighted by Gasteiger charge is 2.04. The molecule has 0 spiro atoms. The molecular weight excluding hydrogens is 268 g/mol. The lowest BCUT2D eigenvalue weighted by molar-refractivity contribution is -0.120. The van der Waals surface area contributed by atoms with Crippen LogP contribution in [0, 0.1) is 0 Å². The molecule has 1 aromatic carbocycles. The van der Waals surface area contributed by atoms with Gasteiger partial charge in [-0.3, -0.25) is 4.79 Å². The van der Waals surface area contributed by atoms with E-state index in [1.807, 2.05) is 43.3 Å². The Hall–Kier alpha value is -1.94. The minimum Gasteiger partial charge on any atom is -0.273 e. The van der Waals surface area contributed by atoms with Gasteiger partial charge >= 0.3 is 0 Å². The Kier molecular flexibility index (Phi) is 5.07. The van der Waals surface area contributed by atoms with E-state index >= 15 is 0 Å². The number of hydrogen-bond donors (Lipinski definition) is 1. The summed E-state index contributed by atoms with van der Waals surface area (Å²) in [5, 5.41) is 4.17. The summed E-state index contributed by atoms with van der Waals surface area (Å²) >= 11 is 1.71. The summed E-state index contributed by atoms with van der Waals surface area (Å²) in [5.41, 5.74) is 4.44. The smallest absolute Gasteiger partial charge is 0.244 e. The van der Waals surface area contributed by atoms with Crippen LogP contribution in [-0.4, -0.2) is 11.6 Å². The van der Waals surface area contributed by atoms with Crippen molar-refractivity contribution in [2.24, 2.45) is 5.10 Å². The van der Waals surface area contributed by atoms with Gasteiger partial charge in [-0.25, -0.2) is 5.43 Å². The molecule has 0 fully saturated rings. The van der Waals surface area contributed by atoms with Gasteiger partial charge in [-0.2, -0.15) is 5.10 Å². The molecule has 1 aromatic heterocycles. The monoisotopic (exact) mass is 286 g/mol. The Morgan fingerprint density at radius 1 is 1.20 bits per heavy atom. The third-order valence-corrected chi connectivity index (χ3v) is 4.26. The molecule has 1 heterocycles. The molecule has 20 heavy (non-hydrogen) atoms. The lowest BCUT2D eigenvalue weighted by Crippen LogP contribution is -2.21. The first-order chi connectivity index (χ1) is 9.69. The average Bonchev–Trinajstić information content (AvgIpc) is 2.95. The number of carbonyl (C=O) groups is 1. The fraction of sp³-hybridized carbons (Fsp3) is 0.250. The number of carbonyl (C=O) groups excluding carboxylic acids is 1. The third-order valence-electron chi connectivity index (χ3n) is 2.92. The molecule has 4 heteroatoms. The number of nitrogens with one attached hydrogen (secondary N) is 1. The van der Waals surface area contributed by atoms with Crippen molar-refractivity contribution in [3.8, 4) is 0 Å². The highest BCUT2D eigenvalue weighted by Crippen LogP contribution is 2.17. The molecule has 0 aliphatic rings. The maximum atomic E-state index is 11.8. The van der Waals surface area contributed by atoms with Crippen molar-refractivity contribution < 1.29 is 4.79 Å². The number of hydrazone groups is 1. The highest BCUT2D eigenvalue weighted by molar-refractivity contribution is 7.14. The predicted molar refractivity (Wildman–Crippen MR) is 84.2 cm³/mol. The SMILES string of the molecule is CCc1ccc(/C(C)=N/NC(=O)Cc2ccccc2)s1. The maximum Gasteiger partial charge on any atom is 0.244 e. The fourth-order valence-electron chi connectivity index (χ4n) is 1.78. The summed E-state index contributed by atoms with van der Waals surface area (Å²) in [6.07, 6.45) is 1.38. The predicted octanol–water partition coefficient (Wildman–Crippen LogP) is 3.39. The van der Waals surface area contributed by atoms with Gasteiger partial charge in [-0.05, 0) is 31.0 Å². The quantitative estimate of drug-likeness (QED) is 0.664. The zero-order chi connectivity index (χ0) is 14.4. The van der Waals surface area contributed by atoms with Gasteiger partial charge in [0.15, 0.2) is 0 Å². The Bertz CT molecular complexity index is 602. The second-order valence-corrected chi connectivity index (χ2v) is 5.68. The van der Waals surface area contributed by atoms with E-state index in [0.29, 0.717) is 6.42 Å². The summed E-state index contributed by atoms with van der Waals surface area (Å²) in [4.78, 5) is 14.2. The number of aryl methyl sites for hydroxylation is 1. The number of hydrogen-bond acceptors (Lipinski definition) is 3. The van der Waals surface area contributed by atoms with Crippen LogP contribution in [0.15, 0.2) is 47.6 Å². The van der Waals surface area contributed by atoms with Crippen molar-refractivity contribution in [3.63, 3.8) is 0 Å². The van der Waals surface area contributed by atoms with Gasteiger partial charge in [0, 0.05) is 4.88 Å².